The zero-order valence-electron chi connectivity index (χ0n) is 16.7. The fourth-order valence-electron chi connectivity index (χ4n) is 3.12. The highest BCUT2D eigenvalue weighted by atomic mass is 79.9. The number of hydrogen-bond acceptors (Lipinski definition) is 4. The predicted molar refractivity (Wildman–Crippen MR) is 115 cm³/mol. The Kier molecular flexibility index (Phi) is 5.93. The summed E-state index contributed by atoms with van der Waals surface area (Å²) in [5, 5.41) is 5.30. The predicted octanol–water partition coefficient (Wildman–Crippen LogP) is 2.56. The zero-order chi connectivity index (χ0) is 22.1. The minimum absolute atomic E-state index is 0.153. The third-order valence-electron chi connectivity index (χ3n) is 4.82. The van der Waals surface area contributed by atoms with Crippen LogP contribution in [0.1, 0.15) is 22.8 Å². The van der Waals surface area contributed by atoms with Crippen LogP contribution in [-0.4, -0.2) is 54.2 Å². The fraction of sp³-hybridized carbons (Fsp3) is 0.238. The molecule has 0 radical (unpaired) electrons. The first-order valence-electron chi connectivity index (χ1n) is 9.13. The molecule has 0 spiro atoms. The van der Waals surface area contributed by atoms with Crippen molar-refractivity contribution in [2.45, 2.75) is 12.5 Å². The van der Waals surface area contributed by atoms with Crippen molar-refractivity contribution in [2.75, 3.05) is 26.0 Å². The number of rotatable bonds is 5. The summed E-state index contributed by atoms with van der Waals surface area (Å²) in [7, 11) is 3.30. The minimum Gasteiger partial charge on any atom is -0.345 e. The first-order chi connectivity index (χ1) is 14.1. The van der Waals surface area contributed by atoms with Crippen molar-refractivity contribution in [3.05, 3.63) is 64.1 Å². The van der Waals surface area contributed by atoms with Crippen LogP contribution < -0.4 is 10.6 Å². The van der Waals surface area contributed by atoms with E-state index in [0.717, 1.165) is 9.37 Å². The van der Waals surface area contributed by atoms with Crippen LogP contribution in [0.15, 0.2) is 53.0 Å². The van der Waals surface area contributed by atoms with Crippen LogP contribution in [-0.2, 0) is 15.1 Å². The van der Waals surface area contributed by atoms with Gasteiger partial charge in [0.1, 0.15) is 12.1 Å². The molecule has 0 saturated carbocycles. The van der Waals surface area contributed by atoms with Gasteiger partial charge in [-0.05, 0) is 48.9 Å². The van der Waals surface area contributed by atoms with Gasteiger partial charge in [-0.15, -0.1) is 0 Å². The van der Waals surface area contributed by atoms with Crippen molar-refractivity contribution in [3.8, 4) is 0 Å². The van der Waals surface area contributed by atoms with Crippen molar-refractivity contribution in [3.63, 3.8) is 0 Å². The summed E-state index contributed by atoms with van der Waals surface area (Å²) in [5.41, 5.74) is 0.315. The van der Waals surface area contributed by atoms with Gasteiger partial charge < -0.3 is 15.5 Å². The highest BCUT2D eigenvalue weighted by Crippen LogP contribution is 2.29. The van der Waals surface area contributed by atoms with E-state index in [2.05, 4.69) is 26.6 Å². The molecule has 1 saturated heterocycles. The van der Waals surface area contributed by atoms with Crippen molar-refractivity contribution in [1.82, 2.24) is 15.1 Å². The van der Waals surface area contributed by atoms with Crippen LogP contribution >= 0.6 is 15.9 Å². The lowest BCUT2D eigenvalue weighted by Gasteiger charge is -2.22. The fourth-order valence-corrected chi connectivity index (χ4v) is 3.38. The molecule has 2 N–H and O–H groups in total. The first kappa shape index (κ1) is 21.5. The Morgan fingerprint density at radius 3 is 2.23 bits per heavy atom. The van der Waals surface area contributed by atoms with Crippen LogP contribution in [0.25, 0.3) is 0 Å². The quantitative estimate of drug-likeness (QED) is 0.653. The molecule has 0 aliphatic carbocycles. The van der Waals surface area contributed by atoms with Gasteiger partial charge >= 0.3 is 6.03 Å². The van der Waals surface area contributed by atoms with Crippen molar-refractivity contribution < 1.29 is 19.2 Å². The van der Waals surface area contributed by atoms with E-state index in [0.29, 0.717) is 16.8 Å². The Morgan fingerprint density at radius 1 is 1.07 bits per heavy atom. The molecule has 1 fully saturated rings. The van der Waals surface area contributed by atoms with Gasteiger partial charge in [-0.1, -0.05) is 28.1 Å². The van der Waals surface area contributed by atoms with E-state index >= 15 is 0 Å². The lowest BCUT2D eigenvalue weighted by atomic mass is 9.92. The molecular weight excluding hydrogens is 452 g/mol. The molecule has 1 aliphatic heterocycles. The number of nitrogens with zero attached hydrogens (tertiary/aromatic N) is 2. The Hall–Kier alpha value is -3.20. The molecule has 0 unspecified atom stereocenters. The molecule has 2 aromatic carbocycles. The average Bonchev–Trinajstić information content (AvgIpc) is 2.92. The molecule has 2 aromatic rings. The van der Waals surface area contributed by atoms with E-state index in [1.54, 1.807) is 69.6 Å². The molecule has 0 aromatic heterocycles. The first-order valence-corrected chi connectivity index (χ1v) is 9.93. The smallest absolute Gasteiger partial charge is 0.325 e. The van der Waals surface area contributed by atoms with Crippen LogP contribution in [0.5, 0.6) is 0 Å². The average molecular weight is 473 g/mol. The van der Waals surface area contributed by atoms with Crippen LogP contribution in [0.2, 0.25) is 0 Å². The number of anilines is 1. The standard InChI is InChI=1S/C21H21BrN4O4/c1-21(14-6-8-15(22)9-7-14)19(29)26(20(30)24-21)12-17(27)23-16-10-4-13(5-11-16)18(28)25(2)3/h4-11H,12H2,1-3H3,(H,23,27)(H,24,30)/t21-/m0/s1. The van der Waals surface area contributed by atoms with Gasteiger partial charge in [-0.3, -0.25) is 19.3 Å². The van der Waals surface area contributed by atoms with Crippen molar-refractivity contribution in [1.29, 1.82) is 0 Å². The number of benzene rings is 2. The molecule has 9 heteroatoms. The number of carbonyl (C=O) groups is 4. The summed E-state index contributed by atoms with van der Waals surface area (Å²) >= 11 is 3.34. The van der Waals surface area contributed by atoms with Gasteiger partial charge in [0.2, 0.25) is 5.91 Å². The summed E-state index contributed by atoms with van der Waals surface area (Å²) in [6.45, 7) is 1.18. The molecule has 1 atom stereocenters. The normalized spacial score (nSPS) is 18.2. The van der Waals surface area contributed by atoms with Gasteiger partial charge in [-0.2, -0.15) is 0 Å². The maximum atomic E-state index is 12.9. The van der Waals surface area contributed by atoms with Gasteiger partial charge in [0.15, 0.2) is 0 Å². The molecular formula is C21H21BrN4O4. The van der Waals surface area contributed by atoms with Gasteiger partial charge in [0.25, 0.3) is 11.8 Å². The van der Waals surface area contributed by atoms with Crippen LogP contribution in [0, 0.1) is 0 Å². The second-order valence-electron chi connectivity index (χ2n) is 7.28. The Morgan fingerprint density at radius 2 is 1.67 bits per heavy atom. The lowest BCUT2D eigenvalue weighted by Crippen LogP contribution is -2.42. The number of urea groups is 1. The van der Waals surface area contributed by atoms with E-state index in [9.17, 15) is 19.2 Å². The molecule has 1 aliphatic rings. The largest absolute Gasteiger partial charge is 0.345 e. The molecule has 1 heterocycles. The van der Waals surface area contributed by atoms with Gasteiger partial charge in [0.05, 0.1) is 0 Å². The third-order valence-corrected chi connectivity index (χ3v) is 5.35. The van der Waals surface area contributed by atoms with Gasteiger partial charge in [-0.25, -0.2) is 4.79 Å². The third kappa shape index (κ3) is 4.20. The Labute approximate surface area is 182 Å². The van der Waals surface area contributed by atoms with Gasteiger partial charge in [0, 0.05) is 29.8 Å². The maximum absolute atomic E-state index is 12.9. The molecule has 5 amide bonds. The number of nitrogens with one attached hydrogen (secondary N) is 2. The number of imide groups is 1. The summed E-state index contributed by atoms with van der Waals surface area (Å²) in [4.78, 5) is 52.0. The van der Waals surface area contributed by atoms with Crippen molar-refractivity contribution in [2.24, 2.45) is 0 Å². The second kappa shape index (κ2) is 8.27. The number of amides is 5. The molecule has 156 valence electrons. The van der Waals surface area contributed by atoms with E-state index in [1.165, 1.54) is 4.90 Å². The molecule has 0 bridgehead atoms. The SMILES string of the molecule is CN(C)C(=O)c1ccc(NC(=O)CN2C(=O)N[C@@](C)(c3ccc(Br)cc3)C2=O)cc1. The van der Waals surface area contributed by atoms with E-state index in [4.69, 9.17) is 0 Å². The second-order valence-corrected chi connectivity index (χ2v) is 8.19. The molecule has 8 nitrogen and oxygen atoms in total. The summed E-state index contributed by atoms with van der Waals surface area (Å²) in [6, 6.07) is 12.8. The molecule has 30 heavy (non-hydrogen) atoms. The Balaban J connectivity index is 1.68. The number of hydrogen-bond donors (Lipinski definition) is 2. The maximum Gasteiger partial charge on any atom is 0.325 e. The summed E-state index contributed by atoms with van der Waals surface area (Å²) in [5.74, 6) is -1.18. The van der Waals surface area contributed by atoms with E-state index in [-0.39, 0.29) is 5.91 Å². The zero-order valence-corrected chi connectivity index (χ0v) is 18.3. The van der Waals surface area contributed by atoms with Crippen LogP contribution in [0.4, 0.5) is 10.5 Å². The van der Waals surface area contributed by atoms with E-state index < -0.39 is 29.9 Å². The number of carbonyl (C=O) groups excluding carboxylic acids is 4. The summed E-state index contributed by atoms with van der Waals surface area (Å²) in [6.07, 6.45) is 0. The number of halogens is 1. The monoisotopic (exact) mass is 472 g/mol. The van der Waals surface area contributed by atoms with Crippen molar-refractivity contribution >= 4 is 45.4 Å². The topological polar surface area (TPSA) is 98.8 Å². The van der Waals surface area contributed by atoms with E-state index in [1.807, 2.05) is 0 Å². The lowest BCUT2D eigenvalue weighted by molar-refractivity contribution is -0.133. The highest BCUT2D eigenvalue weighted by molar-refractivity contribution is 9.10. The molecule has 3 rings (SSSR count). The van der Waals surface area contributed by atoms with Crippen LogP contribution in [0.3, 0.4) is 0 Å². The summed E-state index contributed by atoms with van der Waals surface area (Å²) < 4.78 is 0.848. The minimum atomic E-state index is -1.24. The Bertz CT molecular complexity index is 1000. The highest BCUT2D eigenvalue weighted by Gasteiger charge is 2.49.